The average Bonchev–Trinajstić information content (AvgIpc) is 2.55. The molecule has 2 N–H and O–H groups in total. The summed E-state index contributed by atoms with van der Waals surface area (Å²) in [5.74, 6) is 0. The van der Waals surface area contributed by atoms with Gasteiger partial charge in [-0.2, -0.15) is 0 Å². The van der Waals surface area contributed by atoms with Gasteiger partial charge in [0.15, 0.2) is 0 Å². The molecule has 1 nitrogen and oxygen atoms in total. The normalized spacial score (nSPS) is 10.9. The minimum absolute atomic E-state index is 0.793. The summed E-state index contributed by atoms with van der Waals surface area (Å²) in [6, 6.07) is 26.8. The Hall–Kier alpha value is -2.80. The van der Waals surface area contributed by atoms with Crippen molar-refractivity contribution in [2.45, 2.75) is 0 Å². The molecule has 21 heavy (non-hydrogen) atoms. The molecule has 0 atom stereocenters. The molecule has 0 bridgehead atoms. The van der Waals surface area contributed by atoms with Crippen molar-refractivity contribution in [2.75, 3.05) is 5.73 Å². The Balaban J connectivity index is 1.78. The van der Waals surface area contributed by atoms with Crippen LogP contribution < -0.4 is 5.73 Å². The van der Waals surface area contributed by atoms with Crippen molar-refractivity contribution in [1.29, 1.82) is 0 Å². The maximum absolute atomic E-state index is 5.71. The molecule has 0 aliphatic heterocycles. The quantitative estimate of drug-likeness (QED) is 0.520. The first kappa shape index (κ1) is 13.2. The Kier molecular flexibility index (Phi) is 3.83. The van der Waals surface area contributed by atoms with Crippen molar-refractivity contribution in [3.63, 3.8) is 0 Å². The monoisotopic (exact) mass is 271 g/mol. The fourth-order valence-electron chi connectivity index (χ4n) is 2.22. The molecule has 3 rings (SSSR count). The lowest BCUT2D eigenvalue weighted by atomic mass is 10.0. The summed E-state index contributed by atoms with van der Waals surface area (Å²) in [5.41, 5.74) is 11.3. The van der Waals surface area contributed by atoms with E-state index in [1.54, 1.807) is 0 Å². The number of rotatable bonds is 3. The third-order valence-electron chi connectivity index (χ3n) is 3.42. The third-order valence-corrected chi connectivity index (χ3v) is 3.42. The van der Waals surface area contributed by atoms with Gasteiger partial charge in [0.1, 0.15) is 0 Å². The van der Waals surface area contributed by atoms with Crippen LogP contribution in [-0.2, 0) is 0 Å². The van der Waals surface area contributed by atoms with Crippen molar-refractivity contribution in [2.24, 2.45) is 0 Å². The summed E-state index contributed by atoms with van der Waals surface area (Å²) in [7, 11) is 0. The highest BCUT2D eigenvalue weighted by atomic mass is 14.5. The number of nitrogens with two attached hydrogens (primary N) is 1. The Morgan fingerprint density at radius 1 is 0.524 bits per heavy atom. The Morgan fingerprint density at radius 3 is 1.57 bits per heavy atom. The second kappa shape index (κ2) is 6.10. The van der Waals surface area contributed by atoms with Crippen LogP contribution in [0.1, 0.15) is 11.1 Å². The largest absolute Gasteiger partial charge is 0.399 e. The van der Waals surface area contributed by atoms with Crippen LogP contribution >= 0.6 is 0 Å². The summed E-state index contributed by atoms with van der Waals surface area (Å²) >= 11 is 0. The summed E-state index contributed by atoms with van der Waals surface area (Å²) in [4.78, 5) is 0. The van der Waals surface area contributed by atoms with Crippen LogP contribution in [0.3, 0.4) is 0 Å². The first-order valence-electron chi connectivity index (χ1n) is 7.00. The zero-order valence-corrected chi connectivity index (χ0v) is 11.7. The van der Waals surface area contributed by atoms with Gasteiger partial charge in [0, 0.05) is 5.69 Å². The predicted octanol–water partition coefficient (Wildman–Crippen LogP) is 5.11. The molecular formula is C20H17N. The molecule has 102 valence electrons. The Bertz CT molecular complexity index is 723. The highest BCUT2D eigenvalue weighted by molar-refractivity contribution is 5.72. The summed E-state index contributed by atoms with van der Waals surface area (Å²) in [5, 5.41) is 0. The number of hydrogen-bond donors (Lipinski definition) is 1. The molecule has 0 aliphatic rings. The van der Waals surface area contributed by atoms with Gasteiger partial charge in [0.2, 0.25) is 0 Å². The minimum atomic E-state index is 0.793. The van der Waals surface area contributed by atoms with Crippen molar-refractivity contribution in [1.82, 2.24) is 0 Å². The highest BCUT2D eigenvalue weighted by Gasteiger charge is 1.97. The molecule has 0 spiro atoms. The van der Waals surface area contributed by atoms with Crippen LogP contribution in [0.15, 0.2) is 78.9 Å². The topological polar surface area (TPSA) is 26.0 Å². The fraction of sp³-hybridized carbons (Fsp3) is 0. The van der Waals surface area contributed by atoms with Gasteiger partial charge in [-0.3, -0.25) is 0 Å². The molecule has 0 heterocycles. The van der Waals surface area contributed by atoms with E-state index in [1.165, 1.54) is 22.3 Å². The van der Waals surface area contributed by atoms with Crippen LogP contribution in [0, 0.1) is 0 Å². The van der Waals surface area contributed by atoms with E-state index in [1.807, 2.05) is 42.5 Å². The first-order chi connectivity index (χ1) is 10.3. The van der Waals surface area contributed by atoms with E-state index in [-0.39, 0.29) is 0 Å². The van der Waals surface area contributed by atoms with E-state index in [0.29, 0.717) is 0 Å². The molecule has 0 aromatic heterocycles. The maximum atomic E-state index is 5.71. The van der Waals surface area contributed by atoms with Crippen LogP contribution in [0.5, 0.6) is 0 Å². The SMILES string of the molecule is Nc1ccc(-c2ccc(C=Cc3ccccc3)cc2)cc1. The van der Waals surface area contributed by atoms with Crippen LogP contribution in [0.2, 0.25) is 0 Å². The van der Waals surface area contributed by atoms with Gasteiger partial charge in [-0.1, -0.05) is 78.9 Å². The zero-order chi connectivity index (χ0) is 14.5. The number of benzene rings is 3. The van der Waals surface area contributed by atoms with Crippen molar-refractivity contribution >= 4 is 17.8 Å². The van der Waals surface area contributed by atoms with Crippen molar-refractivity contribution in [3.05, 3.63) is 90.0 Å². The van der Waals surface area contributed by atoms with E-state index < -0.39 is 0 Å². The summed E-state index contributed by atoms with van der Waals surface area (Å²) in [6.07, 6.45) is 4.25. The van der Waals surface area contributed by atoms with Gasteiger partial charge >= 0.3 is 0 Å². The Morgan fingerprint density at radius 2 is 1.00 bits per heavy atom. The van der Waals surface area contributed by atoms with Gasteiger partial charge in [-0.25, -0.2) is 0 Å². The van der Waals surface area contributed by atoms with Gasteiger partial charge in [0.05, 0.1) is 0 Å². The fourth-order valence-corrected chi connectivity index (χ4v) is 2.22. The second-order valence-electron chi connectivity index (χ2n) is 4.99. The number of nitrogen functional groups attached to an aromatic ring is 1. The molecule has 0 unspecified atom stereocenters. The van der Waals surface area contributed by atoms with Crippen LogP contribution in [0.25, 0.3) is 23.3 Å². The summed E-state index contributed by atoms with van der Waals surface area (Å²) < 4.78 is 0. The lowest BCUT2D eigenvalue weighted by molar-refractivity contribution is 1.59. The van der Waals surface area contributed by atoms with Gasteiger partial charge in [-0.15, -0.1) is 0 Å². The average molecular weight is 271 g/mol. The Labute approximate surface area is 125 Å². The second-order valence-corrected chi connectivity index (χ2v) is 4.99. The van der Waals surface area contributed by atoms with Crippen molar-refractivity contribution in [3.8, 4) is 11.1 Å². The molecule has 1 heteroatoms. The van der Waals surface area contributed by atoms with Crippen LogP contribution in [-0.4, -0.2) is 0 Å². The predicted molar refractivity (Wildman–Crippen MR) is 91.7 cm³/mol. The van der Waals surface area contributed by atoms with Crippen molar-refractivity contribution < 1.29 is 0 Å². The van der Waals surface area contributed by atoms with Gasteiger partial charge in [-0.05, 0) is 34.4 Å². The molecule has 0 fully saturated rings. The maximum Gasteiger partial charge on any atom is 0.0314 e. The lowest BCUT2D eigenvalue weighted by Crippen LogP contribution is -1.84. The molecule has 0 saturated heterocycles. The van der Waals surface area contributed by atoms with Crippen LogP contribution in [0.4, 0.5) is 5.69 Å². The molecule has 0 saturated carbocycles. The van der Waals surface area contributed by atoms with E-state index in [0.717, 1.165) is 5.69 Å². The molecule has 0 aliphatic carbocycles. The van der Waals surface area contributed by atoms with Gasteiger partial charge in [0.25, 0.3) is 0 Å². The molecule has 0 amide bonds. The van der Waals surface area contributed by atoms with E-state index >= 15 is 0 Å². The number of hydrogen-bond acceptors (Lipinski definition) is 1. The van der Waals surface area contributed by atoms with Gasteiger partial charge < -0.3 is 5.73 Å². The highest BCUT2D eigenvalue weighted by Crippen LogP contribution is 2.21. The molecule has 3 aromatic rings. The smallest absolute Gasteiger partial charge is 0.0314 e. The zero-order valence-electron chi connectivity index (χ0n) is 11.7. The first-order valence-corrected chi connectivity index (χ1v) is 7.00. The van der Waals surface area contributed by atoms with E-state index in [2.05, 4.69) is 48.6 Å². The molecular weight excluding hydrogens is 254 g/mol. The minimum Gasteiger partial charge on any atom is -0.399 e. The third kappa shape index (κ3) is 3.40. The summed E-state index contributed by atoms with van der Waals surface area (Å²) in [6.45, 7) is 0. The molecule has 0 radical (unpaired) electrons. The lowest BCUT2D eigenvalue weighted by Gasteiger charge is -2.03. The van der Waals surface area contributed by atoms with E-state index in [9.17, 15) is 0 Å². The standard InChI is InChI=1S/C20H17N/c21-20-14-12-19(13-15-20)18-10-8-17(9-11-18)7-6-16-4-2-1-3-5-16/h1-15H,21H2. The molecule has 3 aromatic carbocycles. The number of anilines is 1. The van der Waals surface area contributed by atoms with E-state index in [4.69, 9.17) is 5.73 Å².